The zero-order valence-corrected chi connectivity index (χ0v) is 16.7. The summed E-state index contributed by atoms with van der Waals surface area (Å²) in [5.41, 5.74) is 3.49. The van der Waals surface area contributed by atoms with Crippen LogP contribution in [0.5, 0.6) is 0 Å². The Balaban J connectivity index is 2.27. The van der Waals surface area contributed by atoms with Crippen LogP contribution in [-0.2, 0) is 14.8 Å². The number of aryl methyl sites for hydroxylation is 2. The number of nitrogens with one attached hydrogen (secondary N) is 1. The Kier molecular flexibility index (Phi) is 6.08. The van der Waals surface area contributed by atoms with E-state index in [1.54, 1.807) is 19.1 Å². The molecular weight excluding hydrogens is 348 g/mol. The molecule has 0 fully saturated rings. The molecule has 6 heteroatoms. The molecule has 0 unspecified atom stereocenters. The van der Waals surface area contributed by atoms with Gasteiger partial charge in [-0.25, -0.2) is 8.42 Å². The molecule has 2 aromatic carbocycles. The summed E-state index contributed by atoms with van der Waals surface area (Å²) in [5.74, 6) is -0.343. The van der Waals surface area contributed by atoms with Gasteiger partial charge in [0.2, 0.25) is 15.9 Å². The second-order valence-corrected chi connectivity index (χ2v) is 8.50. The van der Waals surface area contributed by atoms with E-state index in [1.165, 1.54) is 4.31 Å². The topological polar surface area (TPSA) is 66.5 Å². The van der Waals surface area contributed by atoms with E-state index >= 15 is 0 Å². The highest BCUT2D eigenvalue weighted by molar-refractivity contribution is 7.92. The van der Waals surface area contributed by atoms with Crippen LogP contribution in [0.2, 0.25) is 0 Å². The highest BCUT2D eigenvalue weighted by atomic mass is 32.2. The highest BCUT2D eigenvalue weighted by Gasteiger charge is 2.30. The lowest BCUT2D eigenvalue weighted by atomic mass is 10.1. The van der Waals surface area contributed by atoms with Crippen molar-refractivity contribution in [1.29, 1.82) is 0 Å². The number of carbonyl (C=O) groups excluding carboxylic acids is 1. The molecule has 0 aliphatic rings. The van der Waals surface area contributed by atoms with Gasteiger partial charge in [0.05, 0.1) is 18.0 Å². The minimum atomic E-state index is -3.62. The van der Waals surface area contributed by atoms with Crippen molar-refractivity contribution in [2.45, 2.75) is 39.8 Å². The number of rotatable bonds is 6. The lowest BCUT2D eigenvalue weighted by Crippen LogP contribution is -2.48. The maximum Gasteiger partial charge on any atom is 0.244 e. The number of hydrogen-bond donors (Lipinski definition) is 1. The van der Waals surface area contributed by atoms with Crippen LogP contribution in [0.15, 0.2) is 48.5 Å². The summed E-state index contributed by atoms with van der Waals surface area (Å²) < 4.78 is 25.9. The van der Waals surface area contributed by atoms with Crippen molar-refractivity contribution >= 4 is 21.6 Å². The number of nitrogens with zero attached hydrogens (tertiary/aromatic N) is 1. The first-order valence-electron chi connectivity index (χ1n) is 8.53. The molecule has 0 saturated carbocycles. The molecule has 0 aliphatic heterocycles. The molecule has 0 bridgehead atoms. The summed E-state index contributed by atoms with van der Waals surface area (Å²) in [5, 5.41) is 2.90. The summed E-state index contributed by atoms with van der Waals surface area (Å²) in [6.07, 6.45) is 1.12. The lowest BCUT2D eigenvalue weighted by Gasteiger charge is -2.29. The van der Waals surface area contributed by atoms with Crippen molar-refractivity contribution in [2.75, 3.05) is 10.6 Å². The third-order valence-corrected chi connectivity index (χ3v) is 5.73. The number of benzene rings is 2. The number of sulfonamides is 1. The van der Waals surface area contributed by atoms with Gasteiger partial charge >= 0.3 is 0 Å². The van der Waals surface area contributed by atoms with Crippen LogP contribution >= 0.6 is 0 Å². The normalized spacial score (nSPS) is 13.7. The number of amides is 1. The fourth-order valence-corrected chi connectivity index (χ4v) is 4.00. The smallest absolute Gasteiger partial charge is 0.244 e. The Bertz CT molecular complexity index is 879. The van der Waals surface area contributed by atoms with E-state index in [9.17, 15) is 13.2 Å². The fourth-order valence-electron chi connectivity index (χ4n) is 2.83. The van der Waals surface area contributed by atoms with Crippen LogP contribution < -0.4 is 9.62 Å². The molecule has 0 aromatic heterocycles. The monoisotopic (exact) mass is 374 g/mol. The minimum absolute atomic E-state index is 0.215. The van der Waals surface area contributed by atoms with Crippen molar-refractivity contribution in [1.82, 2.24) is 5.32 Å². The van der Waals surface area contributed by atoms with E-state index in [1.807, 2.05) is 57.2 Å². The summed E-state index contributed by atoms with van der Waals surface area (Å²) in [7, 11) is -3.62. The van der Waals surface area contributed by atoms with E-state index < -0.39 is 16.1 Å². The van der Waals surface area contributed by atoms with Crippen LogP contribution in [0.25, 0.3) is 0 Å². The van der Waals surface area contributed by atoms with Gasteiger partial charge in [-0.1, -0.05) is 36.4 Å². The van der Waals surface area contributed by atoms with Crippen LogP contribution in [0.4, 0.5) is 5.69 Å². The van der Waals surface area contributed by atoms with E-state index in [0.29, 0.717) is 5.69 Å². The van der Waals surface area contributed by atoms with Gasteiger partial charge in [0, 0.05) is 0 Å². The Morgan fingerprint density at radius 1 is 1.00 bits per heavy atom. The molecule has 1 N–H and O–H groups in total. The molecule has 0 spiro atoms. The molecule has 2 rings (SSSR count). The first kappa shape index (κ1) is 20.0. The Morgan fingerprint density at radius 3 is 2.15 bits per heavy atom. The lowest BCUT2D eigenvalue weighted by molar-refractivity contribution is -0.122. The third kappa shape index (κ3) is 4.64. The van der Waals surface area contributed by atoms with Gasteiger partial charge in [-0.3, -0.25) is 9.10 Å². The molecular formula is C20H26N2O3S. The average molecular weight is 375 g/mol. The Labute approximate surface area is 156 Å². The molecule has 0 aliphatic carbocycles. The van der Waals surface area contributed by atoms with Crippen molar-refractivity contribution in [3.63, 3.8) is 0 Å². The molecule has 0 radical (unpaired) electrons. The van der Waals surface area contributed by atoms with Gasteiger partial charge in [-0.15, -0.1) is 0 Å². The standard InChI is InChI=1S/C20H26N2O3S/c1-14-11-12-19(13-15(14)2)22(26(5,24)25)17(4)20(23)21-16(3)18-9-7-6-8-10-18/h6-13,16-17H,1-5H3,(H,21,23)/t16-,17-/m1/s1. The summed E-state index contributed by atoms with van der Waals surface area (Å²) >= 11 is 0. The zero-order chi connectivity index (χ0) is 19.5. The molecule has 0 heterocycles. The first-order chi connectivity index (χ1) is 12.1. The van der Waals surface area contributed by atoms with E-state index in [2.05, 4.69) is 5.32 Å². The van der Waals surface area contributed by atoms with Crippen LogP contribution in [0.3, 0.4) is 0 Å². The maximum absolute atomic E-state index is 12.7. The highest BCUT2D eigenvalue weighted by Crippen LogP contribution is 2.24. The van der Waals surface area contributed by atoms with Crippen LogP contribution in [0.1, 0.15) is 36.6 Å². The second-order valence-electron chi connectivity index (χ2n) is 6.64. The summed E-state index contributed by atoms with van der Waals surface area (Å²) in [6, 6.07) is 13.9. The minimum Gasteiger partial charge on any atom is -0.348 e. The van der Waals surface area contributed by atoms with Crippen LogP contribution in [-0.4, -0.2) is 26.6 Å². The number of carbonyl (C=O) groups is 1. The summed E-state index contributed by atoms with van der Waals surface area (Å²) in [6.45, 7) is 7.35. The van der Waals surface area contributed by atoms with Gasteiger partial charge in [0.15, 0.2) is 0 Å². The van der Waals surface area contributed by atoms with E-state index in [-0.39, 0.29) is 11.9 Å². The van der Waals surface area contributed by atoms with Gasteiger partial charge in [0.25, 0.3) is 0 Å². The second kappa shape index (κ2) is 7.91. The van der Waals surface area contributed by atoms with Gasteiger partial charge in [-0.2, -0.15) is 0 Å². The van der Waals surface area contributed by atoms with Crippen molar-refractivity contribution in [2.24, 2.45) is 0 Å². The molecule has 2 atom stereocenters. The molecule has 5 nitrogen and oxygen atoms in total. The van der Waals surface area contributed by atoms with Crippen molar-refractivity contribution < 1.29 is 13.2 Å². The predicted octanol–water partition coefficient (Wildman–Crippen LogP) is 3.34. The van der Waals surface area contributed by atoms with Gasteiger partial charge in [-0.05, 0) is 56.5 Å². The molecule has 2 aromatic rings. The fraction of sp³-hybridized carbons (Fsp3) is 0.350. The largest absolute Gasteiger partial charge is 0.348 e. The first-order valence-corrected chi connectivity index (χ1v) is 10.4. The molecule has 140 valence electrons. The summed E-state index contributed by atoms with van der Waals surface area (Å²) in [4.78, 5) is 12.7. The average Bonchev–Trinajstić information content (AvgIpc) is 2.57. The van der Waals surface area contributed by atoms with E-state index in [0.717, 1.165) is 22.9 Å². The Hall–Kier alpha value is -2.34. The molecule has 1 amide bonds. The van der Waals surface area contributed by atoms with Gasteiger partial charge in [0.1, 0.15) is 6.04 Å². The van der Waals surface area contributed by atoms with E-state index in [4.69, 9.17) is 0 Å². The molecule has 26 heavy (non-hydrogen) atoms. The van der Waals surface area contributed by atoms with Crippen molar-refractivity contribution in [3.05, 3.63) is 65.2 Å². The molecule has 0 saturated heterocycles. The number of anilines is 1. The zero-order valence-electron chi connectivity index (χ0n) is 15.9. The quantitative estimate of drug-likeness (QED) is 0.843. The van der Waals surface area contributed by atoms with Crippen LogP contribution in [0, 0.1) is 13.8 Å². The van der Waals surface area contributed by atoms with Crippen molar-refractivity contribution in [3.8, 4) is 0 Å². The maximum atomic E-state index is 12.7. The third-order valence-electron chi connectivity index (χ3n) is 4.49. The predicted molar refractivity (Wildman–Crippen MR) is 106 cm³/mol. The number of hydrogen-bond acceptors (Lipinski definition) is 3. The Morgan fingerprint density at radius 2 is 1.62 bits per heavy atom. The SMILES string of the molecule is Cc1ccc(N([C@H](C)C(=O)N[C@H](C)c2ccccc2)S(C)(=O)=O)cc1C. The van der Waals surface area contributed by atoms with Gasteiger partial charge < -0.3 is 5.32 Å².